The second-order valence-corrected chi connectivity index (χ2v) is 7.59. The number of hydrazone groups is 1. The normalized spacial score (nSPS) is 16.3. The van der Waals surface area contributed by atoms with Gasteiger partial charge in [-0.15, -0.1) is 0 Å². The molecule has 1 heterocycles. The van der Waals surface area contributed by atoms with Crippen molar-refractivity contribution in [2.75, 3.05) is 0 Å². The van der Waals surface area contributed by atoms with E-state index in [-0.39, 0.29) is 24.8 Å². The summed E-state index contributed by atoms with van der Waals surface area (Å²) in [7, 11) is 0. The van der Waals surface area contributed by atoms with Crippen molar-refractivity contribution in [1.29, 1.82) is 0 Å². The Kier molecular flexibility index (Phi) is 6.06. The van der Waals surface area contributed by atoms with Gasteiger partial charge in [0, 0.05) is 23.7 Å². The van der Waals surface area contributed by atoms with Gasteiger partial charge in [-0.1, -0.05) is 57.9 Å². The smallest absolute Gasteiger partial charge is 0.303 e. The molecular weight excluding hydrogens is 408 g/mol. The van der Waals surface area contributed by atoms with Gasteiger partial charge in [0.05, 0.1) is 11.8 Å². The van der Waals surface area contributed by atoms with Gasteiger partial charge in [-0.25, -0.2) is 5.01 Å². The summed E-state index contributed by atoms with van der Waals surface area (Å²) in [6, 6.07) is 15.8. The SMILES string of the molecule is Cc1ccc(C2=NN(C(=O)CCCC(=O)O)[C@@H](c3ccc(Br)cc3)C2)cc1. The first kappa shape index (κ1) is 19.3. The molecule has 0 bridgehead atoms. The van der Waals surface area contributed by atoms with Gasteiger partial charge in [-0.2, -0.15) is 5.10 Å². The molecule has 6 heteroatoms. The minimum absolute atomic E-state index is 0.0168. The molecule has 0 unspecified atom stereocenters. The molecule has 140 valence electrons. The van der Waals surface area contributed by atoms with Crippen LogP contribution in [0.5, 0.6) is 0 Å². The van der Waals surface area contributed by atoms with Crippen LogP contribution >= 0.6 is 15.9 Å². The Bertz CT molecular complexity index is 860. The molecule has 0 radical (unpaired) electrons. The first-order chi connectivity index (χ1) is 12.9. The number of hydrogen-bond acceptors (Lipinski definition) is 3. The number of carboxylic acid groups (broad SMARTS) is 1. The predicted octanol–water partition coefficient (Wildman–Crippen LogP) is 4.69. The molecular formula is C21H21BrN2O3. The molecule has 1 atom stereocenters. The fraction of sp³-hybridized carbons (Fsp3) is 0.286. The summed E-state index contributed by atoms with van der Waals surface area (Å²) in [6.45, 7) is 2.03. The van der Waals surface area contributed by atoms with Crippen LogP contribution in [0.15, 0.2) is 58.1 Å². The maximum atomic E-state index is 12.7. The van der Waals surface area contributed by atoms with Gasteiger partial charge in [0.2, 0.25) is 5.91 Å². The van der Waals surface area contributed by atoms with Crippen molar-refractivity contribution in [2.45, 2.75) is 38.6 Å². The van der Waals surface area contributed by atoms with E-state index in [1.54, 1.807) is 0 Å². The van der Waals surface area contributed by atoms with Crippen LogP contribution < -0.4 is 0 Å². The molecule has 0 saturated carbocycles. The van der Waals surface area contributed by atoms with E-state index in [9.17, 15) is 9.59 Å². The van der Waals surface area contributed by atoms with Gasteiger partial charge >= 0.3 is 5.97 Å². The molecule has 27 heavy (non-hydrogen) atoms. The molecule has 5 nitrogen and oxygen atoms in total. The Hall–Kier alpha value is -2.47. The van der Waals surface area contributed by atoms with Crippen LogP contribution in [0.1, 0.15) is 48.4 Å². The first-order valence-corrected chi connectivity index (χ1v) is 9.67. The highest BCUT2D eigenvalue weighted by Crippen LogP contribution is 2.34. The number of amides is 1. The number of aliphatic carboxylic acids is 1. The molecule has 2 aromatic carbocycles. The number of hydrogen-bond donors (Lipinski definition) is 1. The molecule has 0 aromatic heterocycles. The van der Waals surface area contributed by atoms with Crippen LogP contribution in [-0.4, -0.2) is 27.7 Å². The van der Waals surface area contributed by atoms with Crippen molar-refractivity contribution in [2.24, 2.45) is 5.10 Å². The number of halogens is 1. The molecule has 1 amide bonds. The molecule has 0 spiro atoms. The summed E-state index contributed by atoms with van der Waals surface area (Å²) in [5, 5.41) is 14.9. The summed E-state index contributed by atoms with van der Waals surface area (Å²) < 4.78 is 0.975. The van der Waals surface area contributed by atoms with Gasteiger partial charge in [0.1, 0.15) is 0 Å². The summed E-state index contributed by atoms with van der Waals surface area (Å²) in [5.41, 5.74) is 4.05. The van der Waals surface area contributed by atoms with Crippen LogP contribution in [0.2, 0.25) is 0 Å². The summed E-state index contributed by atoms with van der Waals surface area (Å²) >= 11 is 3.44. The van der Waals surface area contributed by atoms with Crippen LogP contribution in [-0.2, 0) is 9.59 Å². The van der Waals surface area contributed by atoms with E-state index in [4.69, 9.17) is 5.11 Å². The second kappa shape index (κ2) is 8.48. The number of rotatable bonds is 6. The molecule has 3 rings (SSSR count). The van der Waals surface area contributed by atoms with Gasteiger partial charge in [-0.05, 0) is 36.6 Å². The number of nitrogens with zero attached hydrogens (tertiary/aromatic N) is 2. The summed E-state index contributed by atoms with van der Waals surface area (Å²) in [6.07, 6.45) is 1.10. The first-order valence-electron chi connectivity index (χ1n) is 8.88. The van der Waals surface area contributed by atoms with Crippen molar-refractivity contribution in [1.82, 2.24) is 5.01 Å². The summed E-state index contributed by atoms with van der Waals surface area (Å²) in [5.74, 6) is -1.04. The quantitative estimate of drug-likeness (QED) is 0.725. The minimum atomic E-state index is -0.891. The van der Waals surface area contributed by atoms with E-state index in [1.165, 1.54) is 10.6 Å². The molecule has 0 aliphatic carbocycles. The Labute approximate surface area is 166 Å². The van der Waals surface area contributed by atoms with Gasteiger partial charge in [0.15, 0.2) is 0 Å². The fourth-order valence-corrected chi connectivity index (χ4v) is 3.37. The van der Waals surface area contributed by atoms with Crippen molar-refractivity contribution in [3.8, 4) is 0 Å². The van der Waals surface area contributed by atoms with Crippen molar-refractivity contribution in [3.05, 3.63) is 69.7 Å². The van der Waals surface area contributed by atoms with E-state index in [2.05, 4.69) is 21.0 Å². The van der Waals surface area contributed by atoms with E-state index in [0.29, 0.717) is 12.8 Å². The molecule has 1 aliphatic heterocycles. The highest BCUT2D eigenvalue weighted by Gasteiger charge is 2.32. The lowest BCUT2D eigenvalue weighted by Crippen LogP contribution is -2.27. The Morgan fingerprint density at radius 3 is 2.41 bits per heavy atom. The maximum absolute atomic E-state index is 12.7. The Balaban J connectivity index is 1.85. The second-order valence-electron chi connectivity index (χ2n) is 6.67. The van der Waals surface area contributed by atoms with Crippen LogP contribution in [0.4, 0.5) is 0 Å². The molecule has 1 aliphatic rings. The standard InChI is InChI=1S/C21H21BrN2O3/c1-14-5-7-15(8-6-14)18-13-19(16-9-11-17(22)12-10-16)24(23-18)20(25)3-2-4-21(26)27/h5-12,19H,2-4,13H2,1H3,(H,26,27)/t19-/m1/s1. The fourth-order valence-electron chi connectivity index (χ4n) is 3.11. The number of carboxylic acids is 1. The monoisotopic (exact) mass is 428 g/mol. The van der Waals surface area contributed by atoms with E-state index in [0.717, 1.165) is 21.3 Å². The van der Waals surface area contributed by atoms with Gasteiger partial charge in [-0.3, -0.25) is 9.59 Å². The highest BCUT2D eigenvalue weighted by molar-refractivity contribution is 9.10. The van der Waals surface area contributed by atoms with E-state index in [1.807, 2.05) is 55.5 Å². The third-order valence-electron chi connectivity index (χ3n) is 4.59. The van der Waals surface area contributed by atoms with Gasteiger partial charge in [0.25, 0.3) is 0 Å². The minimum Gasteiger partial charge on any atom is -0.481 e. The number of carbonyl (C=O) groups is 2. The van der Waals surface area contributed by atoms with Crippen LogP contribution in [0.25, 0.3) is 0 Å². The Morgan fingerprint density at radius 1 is 1.11 bits per heavy atom. The van der Waals surface area contributed by atoms with Crippen LogP contribution in [0.3, 0.4) is 0 Å². The van der Waals surface area contributed by atoms with Crippen LogP contribution in [0, 0.1) is 6.92 Å². The average Bonchev–Trinajstić information content (AvgIpc) is 3.08. The van der Waals surface area contributed by atoms with Gasteiger partial charge < -0.3 is 5.11 Å². The molecule has 0 saturated heterocycles. The van der Waals surface area contributed by atoms with E-state index >= 15 is 0 Å². The summed E-state index contributed by atoms with van der Waals surface area (Å²) in [4.78, 5) is 23.5. The number of aryl methyl sites for hydroxylation is 1. The third kappa shape index (κ3) is 4.83. The number of benzene rings is 2. The topological polar surface area (TPSA) is 70.0 Å². The molecule has 0 fully saturated rings. The average molecular weight is 429 g/mol. The highest BCUT2D eigenvalue weighted by atomic mass is 79.9. The maximum Gasteiger partial charge on any atom is 0.303 e. The Morgan fingerprint density at radius 2 is 1.78 bits per heavy atom. The number of carbonyl (C=O) groups excluding carboxylic acids is 1. The lowest BCUT2D eigenvalue weighted by Gasteiger charge is -2.22. The molecule has 2 aromatic rings. The zero-order valence-corrected chi connectivity index (χ0v) is 16.6. The zero-order valence-electron chi connectivity index (χ0n) is 15.1. The lowest BCUT2D eigenvalue weighted by atomic mass is 9.98. The predicted molar refractivity (Wildman–Crippen MR) is 108 cm³/mol. The zero-order chi connectivity index (χ0) is 19.4. The third-order valence-corrected chi connectivity index (χ3v) is 5.12. The lowest BCUT2D eigenvalue weighted by molar-refractivity contribution is -0.137. The van der Waals surface area contributed by atoms with Crippen molar-refractivity contribution < 1.29 is 14.7 Å². The van der Waals surface area contributed by atoms with Crippen molar-refractivity contribution >= 4 is 33.5 Å². The van der Waals surface area contributed by atoms with E-state index < -0.39 is 5.97 Å². The van der Waals surface area contributed by atoms with Crippen molar-refractivity contribution in [3.63, 3.8) is 0 Å². The molecule has 1 N–H and O–H groups in total. The largest absolute Gasteiger partial charge is 0.481 e.